The molecule has 37 heavy (non-hydrogen) atoms. The van der Waals surface area contributed by atoms with Gasteiger partial charge in [0.15, 0.2) is 9.84 Å². The molecule has 0 bridgehead atoms. The molecule has 5 heterocycles. The van der Waals surface area contributed by atoms with E-state index in [0.717, 1.165) is 19.4 Å². The molecule has 0 saturated carbocycles. The smallest absolute Gasteiger partial charge is 0.222 e. The van der Waals surface area contributed by atoms with E-state index in [-0.39, 0.29) is 7.43 Å². The van der Waals surface area contributed by atoms with Crippen LogP contribution in [0.25, 0.3) is 0 Å². The van der Waals surface area contributed by atoms with Crippen LogP contribution in [0.5, 0.6) is 0 Å². The fraction of sp³-hybridized carbons (Fsp3) is 0.964. The molecular weight excluding hydrogens is 486 g/mol. The van der Waals surface area contributed by atoms with Gasteiger partial charge in [0.25, 0.3) is 0 Å². The van der Waals surface area contributed by atoms with Crippen molar-refractivity contribution in [2.24, 2.45) is 0 Å². The molecule has 5 saturated heterocycles. The largest absolute Gasteiger partial charge is 0.346 e. The predicted molar refractivity (Wildman–Crippen MR) is 159 cm³/mol. The zero-order valence-electron chi connectivity index (χ0n) is 24.2. The Kier molecular flexibility index (Phi) is 20.7. The van der Waals surface area contributed by atoms with E-state index in [2.05, 4.69) is 35.8 Å². The van der Waals surface area contributed by atoms with Crippen LogP contribution in [0.3, 0.4) is 0 Å². The molecule has 0 aromatic heterocycles. The Bertz CT molecular complexity index is 629. The number of carbonyl (C=O) groups excluding carboxylic acids is 1. The molecule has 0 radical (unpaired) electrons. The fourth-order valence-corrected chi connectivity index (χ4v) is 5.95. The molecule has 8 nitrogen and oxygen atoms in total. The zero-order valence-corrected chi connectivity index (χ0v) is 25.0. The molecule has 9 heteroatoms. The van der Waals surface area contributed by atoms with Crippen LogP contribution in [-0.2, 0) is 14.6 Å². The van der Waals surface area contributed by atoms with Crippen LogP contribution in [0.1, 0.15) is 71.6 Å². The predicted octanol–water partition coefficient (Wildman–Crippen LogP) is 3.14. The fourth-order valence-electron chi connectivity index (χ4n) is 4.57. The highest BCUT2D eigenvalue weighted by Crippen LogP contribution is 2.06. The minimum Gasteiger partial charge on any atom is -0.346 e. The van der Waals surface area contributed by atoms with E-state index in [1.54, 1.807) is 4.90 Å². The molecular formula is C28H61N5O3S. The summed E-state index contributed by atoms with van der Waals surface area (Å²) in [6.07, 6.45) is 13.2. The highest BCUT2D eigenvalue weighted by atomic mass is 32.2. The summed E-state index contributed by atoms with van der Waals surface area (Å²) in [5, 5.41) is 0. The summed E-state index contributed by atoms with van der Waals surface area (Å²) in [6, 6.07) is 0. The van der Waals surface area contributed by atoms with Gasteiger partial charge in [-0.25, -0.2) is 8.42 Å². The van der Waals surface area contributed by atoms with E-state index >= 15 is 0 Å². The Labute approximate surface area is 230 Å². The van der Waals surface area contributed by atoms with Gasteiger partial charge in [0.05, 0.1) is 11.5 Å². The quantitative estimate of drug-likeness (QED) is 0.462. The molecule has 1 amide bonds. The van der Waals surface area contributed by atoms with E-state index < -0.39 is 9.84 Å². The first-order chi connectivity index (χ1) is 17.1. The number of carbonyl (C=O) groups is 1. The average Bonchev–Trinajstić information content (AvgIpc) is 3.49. The summed E-state index contributed by atoms with van der Waals surface area (Å²) in [6.45, 7) is 10.3. The number of sulfone groups is 1. The normalized spacial score (nSPS) is 24.6. The number of nitrogens with zero attached hydrogens (tertiary/aromatic N) is 5. The van der Waals surface area contributed by atoms with Crippen LogP contribution in [0.4, 0.5) is 0 Å². The molecule has 5 rings (SSSR count). The molecule has 0 atom stereocenters. The van der Waals surface area contributed by atoms with Crippen molar-refractivity contribution in [2.75, 3.05) is 106 Å². The molecule has 5 aliphatic rings. The summed E-state index contributed by atoms with van der Waals surface area (Å²) in [5.74, 6) is 0.965. The van der Waals surface area contributed by atoms with Crippen molar-refractivity contribution in [3.05, 3.63) is 0 Å². The van der Waals surface area contributed by atoms with Crippen molar-refractivity contribution in [1.82, 2.24) is 24.5 Å². The van der Waals surface area contributed by atoms with Gasteiger partial charge in [0, 0.05) is 33.1 Å². The summed E-state index contributed by atoms with van der Waals surface area (Å²) in [7, 11) is 7.69. The first-order valence-corrected chi connectivity index (χ1v) is 16.1. The minimum atomic E-state index is -2.66. The highest BCUT2D eigenvalue weighted by molar-refractivity contribution is 7.91. The molecule has 222 valence electrons. The Morgan fingerprint density at radius 3 is 0.973 bits per heavy atom. The van der Waals surface area contributed by atoms with Crippen molar-refractivity contribution < 1.29 is 13.2 Å². The monoisotopic (exact) mass is 547 g/mol. The third kappa shape index (κ3) is 19.9. The number of amides is 1. The second-order valence-corrected chi connectivity index (χ2v) is 13.4. The first-order valence-electron chi connectivity index (χ1n) is 14.3. The van der Waals surface area contributed by atoms with Crippen molar-refractivity contribution in [2.45, 2.75) is 71.6 Å². The van der Waals surface area contributed by atoms with Crippen molar-refractivity contribution in [1.29, 1.82) is 0 Å². The number of hydrogen-bond acceptors (Lipinski definition) is 7. The van der Waals surface area contributed by atoms with Crippen LogP contribution in [0, 0.1) is 0 Å². The Morgan fingerprint density at radius 2 is 0.811 bits per heavy atom. The maximum atomic E-state index is 10.8. The number of likely N-dealkylation sites (tertiary alicyclic amines) is 4. The Balaban J connectivity index is 0.000000437. The van der Waals surface area contributed by atoms with Gasteiger partial charge in [-0.3, -0.25) is 4.79 Å². The van der Waals surface area contributed by atoms with Gasteiger partial charge in [0.1, 0.15) is 0 Å². The number of hydrogen-bond donors (Lipinski definition) is 0. The van der Waals surface area contributed by atoms with Gasteiger partial charge in [-0.15, -0.1) is 0 Å². The third-order valence-electron chi connectivity index (χ3n) is 7.37. The van der Waals surface area contributed by atoms with Crippen molar-refractivity contribution in [3.8, 4) is 0 Å². The van der Waals surface area contributed by atoms with E-state index in [1.165, 1.54) is 90.6 Å². The maximum absolute atomic E-state index is 10.8. The summed E-state index contributed by atoms with van der Waals surface area (Å²) < 4.78 is 21.5. The Hall–Kier alpha value is -0.740. The van der Waals surface area contributed by atoms with Gasteiger partial charge in [-0.1, -0.05) is 20.3 Å². The van der Waals surface area contributed by atoms with Crippen LogP contribution in [-0.4, -0.2) is 144 Å². The molecule has 5 aliphatic heterocycles. The first kappa shape index (κ1) is 36.3. The van der Waals surface area contributed by atoms with Crippen LogP contribution in [0.15, 0.2) is 0 Å². The SMILES string of the molecule is C.CN1CCCC1.CN1CCCC1=O.CN1CCCCC1.CN1CCCCC1.CN1CCS(=O)(=O)CC1. The lowest BCUT2D eigenvalue weighted by atomic mass is 10.1. The second kappa shape index (κ2) is 21.1. The second-order valence-electron chi connectivity index (χ2n) is 11.1. The van der Waals surface area contributed by atoms with Gasteiger partial charge in [-0.05, 0) is 112 Å². The standard InChI is InChI=1S/2C6H13N.C5H11NO2S.C5H9NO.C5H11N.CH4/c2*1-7-5-3-2-4-6-7;1-6-2-4-9(7,8)5-3-6;1-6-4-2-3-5(6)7;1-6-4-2-3-5-6;/h2*2-6H2,1H3;2-5H2,1H3;2-4H2,1H3;2-5H2,1H3;1H4. The van der Waals surface area contributed by atoms with Gasteiger partial charge in [-0.2, -0.15) is 0 Å². The van der Waals surface area contributed by atoms with E-state index in [1.807, 2.05) is 19.0 Å². The summed E-state index contributed by atoms with van der Waals surface area (Å²) in [5.41, 5.74) is 0. The molecule has 0 aliphatic carbocycles. The van der Waals surface area contributed by atoms with Crippen LogP contribution in [0.2, 0.25) is 0 Å². The van der Waals surface area contributed by atoms with Crippen molar-refractivity contribution >= 4 is 15.7 Å². The molecule has 0 aromatic rings. The van der Waals surface area contributed by atoms with Gasteiger partial charge >= 0.3 is 0 Å². The third-order valence-corrected chi connectivity index (χ3v) is 8.98. The molecule has 0 aromatic carbocycles. The lowest BCUT2D eigenvalue weighted by Gasteiger charge is -2.21. The van der Waals surface area contributed by atoms with Gasteiger partial charge in [0.2, 0.25) is 5.91 Å². The average molecular weight is 548 g/mol. The molecule has 0 N–H and O–H groups in total. The van der Waals surface area contributed by atoms with Crippen LogP contribution >= 0.6 is 0 Å². The zero-order chi connectivity index (χ0) is 26.8. The summed E-state index contributed by atoms with van der Waals surface area (Å²) >= 11 is 0. The number of rotatable bonds is 0. The molecule has 0 spiro atoms. The minimum absolute atomic E-state index is 0. The van der Waals surface area contributed by atoms with E-state index in [9.17, 15) is 13.2 Å². The number of piperidine rings is 2. The lowest BCUT2D eigenvalue weighted by Crippen LogP contribution is -2.37. The van der Waals surface area contributed by atoms with Crippen LogP contribution < -0.4 is 0 Å². The lowest BCUT2D eigenvalue weighted by molar-refractivity contribution is -0.126. The topological polar surface area (TPSA) is 67.4 Å². The molecule has 5 fully saturated rings. The van der Waals surface area contributed by atoms with Gasteiger partial charge < -0.3 is 24.5 Å². The van der Waals surface area contributed by atoms with E-state index in [4.69, 9.17) is 0 Å². The Morgan fingerprint density at radius 1 is 0.486 bits per heavy atom. The van der Waals surface area contributed by atoms with Crippen molar-refractivity contribution in [3.63, 3.8) is 0 Å². The summed E-state index contributed by atoms with van der Waals surface area (Å²) in [4.78, 5) is 21.4. The highest BCUT2D eigenvalue weighted by Gasteiger charge is 2.18. The maximum Gasteiger partial charge on any atom is 0.222 e. The molecule has 0 unspecified atom stereocenters. The van der Waals surface area contributed by atoms with E-state index in [0.29, 0.717) is 30.5 Å².